The van der Waals surface area contributed by atoms with Gasteiger partial charge in [0.15, 0.2) is 0 Å². The molecule has 2 rings (SSSR count). The molecule has 0 heterocycles. The fourth-order valence-corrected chi connectivity index (χ4v) is 1.77. The van der Waals surface area contributed by atoms with E-state index >= 15 is 0 Å². The molecule has 3 nitrogen and oxygen atoms in total. The number of fused-ring (bicyclic) bond motifs is 1. The zero-order chi connectivity index (χ0) is 9.42. The van der Waals surface area contributed by atoms with Gasteiger partial charge < -0.3 is 15.6 Å². The van der Waals surface area contributed by atoms with Gasteiger partial charge >= 0.3 is 0 Å². The Labute approximate surface area is 77.1 Å². The third-order valence-corrected chi connectivity index (χ3v) is 2.53. The molecule has 1 aliphatic carbocycles. The van der Waals surface area contributed by atoms with Gasteiger partial charge in [0.25, 0.3) is 0 Å². The minimum absolute atomic E-state index is 0.165. The molecule has 0 bridgehead atoms. The standard InChI is InChI=1S/C10H13NO2/c1-13-7-2-3-8-6(4-7)5-9(11)10(8)12/h2-4,9-10,12H,5,11H2,1H3/t9-,10-/m1/s1. The Morgan fingerprint density at radius 2 is 2.31 bits per heavy atom. The third-order valence-electron chi connectivity index (χ3n) is 2.53. The predicted octanol–water partition coefficient (Wildman–Crippen LogP) is 0.612. The van der Waals surface area contributed by atoms with Crippen LogP contribution in [0.4, 0.5) is 0 Å². The summed E-state index contributed by atoms with van der Waals surface area (Å²) in [7, 11) is 1.63. The molecule has 0 spiro atoms. The first kappa shape index (κ1) is 8.53. The maximum absolute atomic E-state index is 9.65. The van der Waals surface area contributed by atoms with E-state index in [0.29, 0.717) is 0 Å². The summed E-state index contributed by atoms with van der Waals surface area (Å²) in [5.41, 5.74) is 7.76. The number of hydrogen-bond donors (Lipinski definition) is 2. The van der Waals surface area contributed by atoms with Gasteiger partial charge in [-0.05, 0) is 29.7 Å². The lowest BCUT2D eigenvalue weighted by atomic mass is 10.1. The summed E-state index contributed by atoms with van der Waals surface area (Å²) in [6.07, 6.45) is 0.217. The van der Waals surface area contributed by atoms with Gasteiger partial charge in [-0.1, -0.05) is 6.07 Å². The lowest BCUT2D eigenvalue weighted by molar-refractivity contribution is 0.159. The topological polar surface area (TPSA) is 55.5 Å². The van der Waals surface area contributed by atoms with Gasteiger partial charge in [0.1, 0.15) is 5.75 Å². The first-order chi connectivity index (χ1) is 6.22. The lowest BCUT2D eigenvalue weighted by Crippen LogP contribution is -2.24. The number of benzene rings is 1. The van der Waals surface area contributed by atoms with Crippen LogP contribution >= 0.6 is 0 Å². The van der Waals surface area contributed by atoms with Gasteiger partial charge in [-0.2, -0.15) is 0 Å². The van der Waals surface area contributed by atoms with Crippen molar-refractivity contribution in [1.82, 2.24) is 0 Å². The second-order valence-corrected chi connectivity index (χ2v) is 3.38. The molecule has 0 amide bonds. The van der Waals surface area contributed by atoms with E-state index in [2.05, 4.69) is 0 Å². The van der Waals surface area contributed by atoms with Crippen molar-refractivity contribution in [2.45, 2.75) is 18.6 Å². The molecule has 1 aliphatic rings. The normalized spacial score (nSPS) is 25.8. The number of methoxy groups -OCH3 is 1. The van der Waals surface area contributed by atoms with Crippen molar-refractivity contribution in [3.63, 3.8) is 0 Å². The van der Waals surface area contributed by atoms with Crippen LogP contribution in [0.1, 0.15) is 17.2 Å². The van der Waals surface area contributed by atoms with E-state index in [1.54, 1.807) is 7.11 Å². The van der Waals surface area contributed by atoms with Crippen LogP contribution in [0.5, 0.6) is 5.75 Å². The Hall–Kier alpha value is -1.06. The molecule has 0 radical (unpaired) electrons. The van der Waals surface area contributed by atoms with Crippen molar-refractivity contribution >= 4 is 0 Å². The van der Waals surface area contributed by atoms with Crippen LogP contribution in [0.15, 0.2) is 18.2 Å². The molecular formula is C10H13NO2. The first-order valence-electron chi connectivity index (χ1n) is 4.33. The Kier molecular flexibility index (Phi) is 1.98. The van der Waals surface area contributed by atoms with Crippen molar-refractivity contribution in [3.8, 4) is 5.75 Å². The van der Waals surface area contributed by atoms with Crippen LogP contribution in [0, 0.1) is 0 Å². The fourth-order valence-electron chi connectivity index (χ4n) is 1.77. The van der Waals surface area contributed by atoms with Crippen molar-refractivity contribution < 1.29 is 9.84 Å². The highest BCUT2D eigenvalue weighted by Crippen LogP contribution is 2.32. The molecule has 0 saturated heterocycles. The molecule has 0 unspecified atom stereocenters. The highest BCUT2D eigenvalue weighted by atomic mass is 16.5. The monoisotopic (exact) mass is 179 g/mol. The number of aliphatic hydroxyl groups excluding tert-OH is 1. The molecule has 70 valence electrons. The average molecular weight is 179 g/mol. The van der Waals surface area contributed by atoms with E-state index in [4.69, 9.17) is 10.5 Å². The molecule has 2 atom stereocenters. The largest absolute Gasteiger partial charge is 0.497 e. The van der Waals surface area contributed by atoms with Crippen LogP contribution in [-0.4, -0.2) is 18.3 Å². The van der Waals surface area contributed by atoms with Gasteiger partial charge in [-0.3, -0.25) is 0 Å². The van der Waals surface area contributed by atoms with E-state index in [1.807, 2.05) is 18.2 Å². The number of nitrogens with two attached hydrogens (primary N) is 1. The van der Waals surface area contributed by atoms with Crippen LogP contribution in [0.2, 0.25) is 0 Å². The van der Waals surface area contributed by atoms with Crippen LogP contribution in [0.25, 0.3) is 0 Å². The quantitative estimate of drug-likeness (QED) is 0.664. The smallest absolute Gasteiger partial charge is 0.119 e. The summed E-state index contributed by atoms with van der Waals surface area (Å²) < 4.78 is 5.09. The van der Waals surface area contributed by atoms with E-state index in [0.717, 1.165) is 23.3 Å². The molecule has 0 aliphatic heterocycles. The van der Waals surface area contributed by atoms with E-state index in [-0.39, 0.29) is 6.04 Å². The Morgan fingerprint density at radius 3 is 3.00 bits per heavy atom. The summed E-state index contributed by atoms with van der Waals surface area (Å²) in [6, 6.07) is 5.50. The molecular weight excluding hydrogens is 166 g/mol. The molecule has 3 heteroatoms. The van der Waals surface area contributed by atoms with Crippen molar-refractivity contribution in [2.75, 3.05) is 7.11 Å². The average Bonchev–Trinajstić information content (AvgIpc) is 2.42. The van der Waals surface area contributed by atoms with Crippen molar-refractivity contribution in [2.24, 2.45) is 5.73 Å². The molecule has 0 aromatic heterocycles. The lowest BCUT2D eigenvalue weighted by Gasteiger charge is -2.08. The van der Waals surface area contributed by atoms with E-state index in [9.17, 15) is 5.11 Å². The van der Waals surface area contributed by atoms with Gasteiger partial charge in [-0.25, -0.2) is 0 Å². The van der Waals surface area contributed by atoms with Gasteiger partial charge in [0.05, 0.1) is 13.2 Å². The zero-order valence-electron chi connectivity index (χ0n) is 7.53. The molecule has 1 aromatic carbocycles. The van der Waals surface area contributed by atoms with Crippen LogP contribution in [-0.2, 0) is 6.42 Å². The molecule has 1 aromatic rings. The molecule has 3 N–H and O–H groups in total. The number of rotatable bonds is 1. The minimum Gasteiger partial charge on any atom is -0.497 e. The second-order valence-electron chi connectivity index (χ2n) is 3.38. The number of hydrogen-bond acceptors (Lipinski definition) is 3. The summed E-state index contributed by atoms with van der Waals surface area (Å²) in [5.74, 6) is 0.819. The highest BCUT2D eigenvalue weighted by molar-refractivity contribution is 5.41. The van der Waals surface area contributed by atoms with Gasteiger partial charge in [0.2, 0.25) is 0 Å². The summed E-state index contributed by atoms with van der Waals surface area (Å²) in [6.45, 7) is 0. The van der Waals surface area contributed by atoms with E-state index < -0.39 is 6.10 Å². The zero-order valence-corrected chi connectivity index (χ0v) is 7.53. The van der Waals surface area contributed by atoms with Crippen molar-refractivity contribution in [3.05, 3.63) is 29.3 Å². The fraction of sp³-hybridized carbons (Fsp3) is 0.400. The number of aliphatic hydroxyl groups is 1. The summed E-state index contributed by atoms with van der Waals surface area (Å²) >= 11 is 0. The predicted molar refractivity (Wildman–Crippen MR) is 49.6 cm³/mol. The molecule has 0 fully saturated rings. The van der Waals surface area contributed by atoms with Crippen LogP contribution < -0.4 is 10.5 Å². The second kappa shape index (κ2) is 3.01. The Balaban J connectivity index is 2.40. The maximum Gasteiger partial charge on any atom is 0.119 e. The van der Waals surface area contributed by atoms with Gasteiger partial charge in [-0.15, -0.1) is 0 Å². The Bertz CT molecular complexity index is 325. The maximum atomic E-state index is 9.65. The molecule has 13 heavy (non-hydrogen) atoms. The number of ether oxygens (including phenoxy) is 1. The van der Waals surface area contributed by atoms with E-state index in [1.165, 1.54) is 0 Å². The summed E-state index contributed by atoms with van der Waals surface area (Å²) in [5, 5.41) is 9.65. The summed E-state index contributed by atoms with van der Waals surface area (Å²) in [4.78, 5) is 0. The Morgan fingerprint density at radius 1 is 1.54 bits per heavy atom. The van der Waals surface area contributed by atoms with Crippen LogP contribution in [0.3, 0.4) is 0 Å². The highest BCUT2D eigenvalue weighted by Gasteiger charge is 2.27. The first-order valence-corrected chi connectivity index (χ1v) is 4.33. The molecule has 0 saturated carbocycles. The third kappa shape index (κ3) is 1.30. The van der Waals surface area contributed by atoms with Crippen molar-refractivity contribution in [1.29, 1.82) is 0 Å². The van der Waals surface area contributed by atoms with Gasteiger partial charge in [0, 0.05) is 6.04 Å². The SMILES string of the molecule is COc1ccc2c(c1)C[C@@H](N)[C@@H]2O. The minimum atomic E-state index is -0.513.